The van der Waals surface area contributed by atoms with Crippen LogP contribution in [0.5, 0.6) is 0 Å². The number of hydrogen-bond donors (Lipinski definition) is 0. The van der Waals surface area contributed by atoms with Crippen molar-refractivity contribution in [3.63, 3.8) is 0 Å². The number of aromatic nitrogens is 1. The number of carbonyl (C=O) groups excluding carboxylic acids is 2. The molecule has 20 heavy (non-hydrogen) atoms. The number of amides is 2. The third kappa shape index (κ3) is 1.86. The number of nitrogens with zero attached hydrogens (tertiary/aromatic N) is 2. The van der Waals surface area contributed by atoms with Gasteiger partial charge in [-0.25, -0.2) is 9.88 Å². The van der Waals surface area contributed by atoms with Crippen LogP contribution in [0.25, 0.3) is 0 Å². The fourth-order valence-corrected chi connectivity index (χ4v) is 3.64. The van der Waals surface area contributed by atoms with Crippen LogP contribution in [0.4, 0.5) is 5.82 Å². The third-order valence-electron chi connectivity index (χ3n) is 4.90. The first kappa shape index (κ1) is 13.3. The molecule has 1 aliphatic carbocycles. The molecule has 1 spiro atoms. The van der Waals surface area contributed by atoms with Gasteiger partial charge in [-0.2, -0.15) is 0 Å². The molecule has 2 unspecified atom stereocenters. The molecular formula is C16H20N2O2. The van der Waals surface area contributed by atoms with E-state index in [1.807, 2.05) is 19.1 Å². The van der Waals surface area contributed by atoms with Crippen LogP contribution in [0.15, 0.2) is 18.2 Å². The maximum absolute atomic E-state index is 12.9. The van der Waals surface area contributed by atoms with E-state index < -0.39 is 5.41 Å². The summed E-state index contributed by atoms with van der Waals surface area (Å²) in [6.07, 6.45) is 4.42. The van der Waals surface area contributed by atoms with Gasteiger partial charge in [0.05, 0.1) is 5.41 Å². The van der Waals surface area contributed by atoms with Crippen molar-refractivity contribution in [1.29, 1.82) is 0 Å². The van der Waals surface area contributed by atoms with E-state index in [4.69, 9.17) is 0 Å². The summed E-state index contributed by atoms with van der Waals surface area (Å²) in [7, 11) is 0. The Morgan fingerprint density at radius 1 is 1.30 bits per heavy atom. The largest absolute Gasteiger partial charge is 0.274 e. The average molecular weight is 272 g/mol. The SMILES string of the molecule is Cc1cccc(N2C(=O)CC3(CCCCC3C)C2=O)n1. The summed E-state index contributed by atoms with van der Waals surface area (Å²) in [5.41, 5.74) is 0.349. The molecule has 0 aromatic carbocycles. The quantitative estimate of drug-likeness (QED) is 0.739. The monoisotopic (exact) mass is 272 g/mol. The highest BCUT2D eigenvalue weighted by atomic mass is 16.2. The maximum Gasteiger partial charge on any atom is 0.241 e. The minimum Gasteiger partial charge on any atom is -0.274 e. The fourth-order valence-electron chi connectivity index (χ4n) is 3.64. The zero-order valence-corrected chi connectivity index (χ0v) is 12.1. The summed E-state index contributed by atoms with van der Waals surface area (Å²) >= 11 is 0. The Kier molecular flexibility index (Phi) is 3.11. The van der Waals surface area contributed by atoms with E-state index in [9.17, 15) is 9.59 Å². The first-order valence-electron chi connectivity index (χ1n) is 7.36. The Bertz CT molecular complexity index is 569. The number of hydrogen-bond acceptors (Lipinski definition) is 3. The second-order valence-electron chi connectivity index (χ2n) is 6.15. The van der Waals surface area contributed by atoms with Crippen LogP contribution in [0.2, 0.25) is 0 Å². The third-order valence-corrected chi connectivity index (χ3v) is 4.90. The minimum absolute atomic E-state index is 0.0344. The lowest BCUT2D eigenvalue weighted by Gasteiger charge is -2.36. The maximum atomic E-state index is 12.9. The lowest BCUT2D eigenvalue weighted by molar-refractivity contribution is -0.129. The van der Waals surface area contributed by atoms with Crippen molar-refractivity contribution in [1.82, 2.24) is 4.98 Å². The van der Waals surface area contributed by atoms with E-state index in [-0.39, 0.29) is 17.7 Å². The van der Waals surface area contributed by atoms with Gasteiger partial charge in [-0.3, -0.25) is 9.59 Å². The van der Waals surface area contributed by atoms with Gasteiger partial charge >= 0.3 is 0 Å². The first-order valence-corrected chi connectivity index (χ1v) is 7.36. The van der Waals surface area contributed by atoms with Gasteiger partial charge < -0.3 is 0 Å². The molecule has 1 aromatic heterocycles. The zero-order chi connectivity index (χ0) is 14.3. The Morgan fingerprint density at radius 3 is 2.80 bits per heavy atom. The molecule has 2 heterocycles. The molecule has 106 valence electrons. The van der Waals surface area contributed by atoms with Crippen LogP contribution in [0.3, 0.4) is 0 Å². The summed E-state index contributed by atoms with van der Waals surface area (Å²) in [6, 6.07) is 5.45. The number of rotatable bonds is 1. The number of anilines is 1. The molecule has 0 bridgehead atoms. The number of imide groups is 1. The smallest absolute Gasteiger partial charge is 0.241 e. The second kappa shape index (κ2) is 4.69. The Labute approximate surface area is 119 Å². The molecule has 0 N–H and O–H groups in total. The van der Waals surface area contributed by atoms with Crippen LogP contribution in [0, 0.1) is 18.3 Å². The summed E-state index contributed by atoms with van der Waals surface area (Å²) in [6.45, 7) is 3.98. The van der Waals surface area contributed by atoms with Gasteiger partial charge in [-0.1, -0.05) is 25.8 Å². The van der Waals surface area contributed by atoms with Crippen LogP contribution < -0.4 is 4.90 Å². The molecule has 2 atom stereocenters. The van der Waals surface area contributed by atoms with Crippen molar-refractivity contribution in [3.8, 4) is 0 Å². The molecule has 1 aromatic rings. The Balaban J connectivity index is 1.98. The predicted octanol–water partition coefficient (Wildman–Crippen LogP) is 2.85. The molecule has 2 aliphatic rings. The summed E-state index contributed by atoms with van der Waals surface area (Å²) in [5, 5.41) is 0. The van der Waals surface area contributed by atoms with Gasteiger partial charge in [-0.05, 0) is 37.8 Å². The van der Waals surface area contributed by atoms with Crippen LogP contribution >= 0.6 is 0 Å². The fraction of sp³-hybridized carbons (Fsp3) is 0.562. The van der Waals surface area contributed by atoms with Gasteiger partial charge in [-0.15, -0.1) is 0 Å². The zero-order valence-electron chi connectivity index (χ0n) is 12.1. The van der Waals surface area contributed by atoms with Gasteiger partial charge in [0.25, 0.3) is 0 Å². The van der Waals surface area contributed by atoms with Crippen molar-refractivity contribution in [2.24, 2.45) is 11.3 Å². The molecule has 1 saturated carbocycles. The molecule has 3 rings (SSSR count). The van der Waals surface area contributed by atoms with Crippen LogP contribution in [-0.4, -0.2) is 16.8 Å². The molecular weight excluding hydrogens is 252 g/mol. The second-order valence-corrected chi connectivity index (χ2v) is 6.15. The summed E-state index contributed by atoms with van der Waals surface area (Å²) < 4.78 is 0. The molecule has 0 radical (unpaired) electrons. The molecule has 4 nitrogen and oxygen atoms in total. The van der Waals surface area contributed by atoms with E-state index in [0.29, 0.717) is 12.2 Å². The van der Waals surface area contributed by atoms with Crippen LogP contribution in [-0.2, 0) is 9.59 Å². The Hall–Kier alpha value is -1.71. The molecule has 2 fully saturated rings. The highest BCUT2D eigenvalue weighted by Gasteiger charge is 2.55. The predicted molar refractivity (Wildman–Crippen MR) is 76.1 cm³/mol. The first-order chi connectivity index (χ1) is 9.54. The molecule has 1 aliphatic heterocycles. The van der Waals surface area contributed by atoms with Crippen molar-refractivity contribution < 1.29 is 9.59 Å². The van der Waals surface area contributed by atoms with E-state index in [2.05, 4.69) is 11.9 Å². The van der Waals surface area contributed by atoms with Crippen molar-refractivity contribution >= 4 is 17.6 Å². The van der Waals surface area contributed by atoms with E-state index in [1.165, 1.54) is 4.90 Å². The number of carbonyl (C=O) groups is 2. The van der Waals surface area contributed by atoms with E-state index >= 15 is 0 Å². The standard InChI is InChI=1S/C16H20N2O2/c1-11-6-3-4-9-16(11)10-14(19)18(15(16)20)13-8-5-7-12(2)17-13/h5,7-8,11H,3-4,6,9-10H2,1-2H3. The van der Waals surface area contributed by atoms with E-state index in [1.54, 1.807) is 6.07 Å². The average Bonchev–Trinajstić information content (AvgIpc) is 2.66. The van der Waals surface area contributed by atoms with Crippen LogP contribution in [0.1, 0.15) is 44.7 Å². The van der Waals surface area contributed by atoms with Gasteiger partial charge in [0.1, 0.15) is 5.82 Å². The summed E-state index contributed by atoms with van der Waals surface area (Å²) in [5.74, 6) is 0.631. The number of aryl methyl sites for hydroxylation is 1. The van der Waals surface area contributed by atoms with Gasteiger partial charge in [0.15, 0.2) is 0 Å². The molecule has 2 amide bonds. The highest BCUT2D eigenvalue weighted by molar-refractivity contribution is 6.22. The van der Waals surface area contributed by atoms with E-state index in [0.717, 1.165) is 31.4 Å². The lowest BCUT2D eigenvalue weighted by Crippen LogP contribution is -2.41. The van der Waals surface area contributed by atoms with Crippen molar-refractivity contribution in [3.05, 3.63) is 23.9 Å². The minimum atomic E-state index is -0.471. The topological polar surface area (TPSA) is 50.3 Å². The van der Waals surface area contributed by atoms with Gasteiger partial charge in [0.2, 0.25) is 11.8 Å². The van der Waals surface area contributed by atoms with Crippen molar-refractivity contribution in [2.45, 2.75) is 46.0 Å². The summed E-state index contributed by atoms with van der Waals surface area (Å²) in [4.78, 5) is 30.9. The lowest BCUT2D eigenvalue weighted by atomic mass is 9.66. The highest BCUT2D eigenvalue weighted by Crippen LogP contribution is 2.49. The molecule has 4 heteroatoms. The Morgan fingerprint density at radius 2 is 2.10 bits per heavy atom. The molecule has 1 saturated heterocycles. The normalized spacial score (nSPS) is 30.3. The van der Waals surface area contributed by atoms with Gasteiger partial charge in [0, 0.05) is 12.1 Å². The number of pyridine rings is 1. The van der Waals surface area contributed by atoms with Crippen molar-refractivity contribution in [2.75, 3.05) is 4.90 Å².